The van der Waals surface area contributed by atoms with Crippen molar-refractivity contribution in [3.8, 4) is 40.1 Å². The minimum atomic E-state index is -2.32. The van der Waals surface area contributed by atoms with Gasteiger partial charge < -0.3 is 28.3 Å². The molecule has 1 aliphatic heterocycles. The molecule has 0 aliphatic carbocycles. The van der Waals surface area contributed by atoms with Gasteiger partial charge in [0.1, 0.15) is 34.9 Å². The summed E-state index contributed by atoms with van der Waals surface area (Å²) < 4.78 is 23.5. The third-order valence-electron chi connectivity index (χ3n) is 9.20. The molecule has 1 fully saturated rings. The predicted molar refractivity (Wildman–Crippen MR) is 183 cm³/mol. The van der Waals surface area contributed by atoms with Crippen LogP contribution >= 0.6 is 11.6 Å². The smallest absolute Gasteiger partial charge is 0.255 e. The van der Waals surface area contributed by atoms with Crippen molar-refractivity contribution >= 4 is 36.9 Å². The Morgan fingerprint density at radius 1 is 1.17 bits per heavy atom. The molecule has 5 rings (SSSR count). The van der Waals surface area contributed by atoms with Crippen LogP contribution in [0.2, 0.25) is 23.2 Å². The highest BCUT2D eigenvalue weighted by Crippen LogP contribution is 2.41. The summed E-state index contributed by atoms with van der Waals surface area (Å²) in [6.45, 7) is 9.88. The van der Waals surface area contributed by atoms with Gasteiger partial charge in [0.2, 0.25) is 0 Å². The molecule has 4 aromatic rings. The number of fused-ring (bicyclic) bond motifs is 1. The van der Waals surface area contributed by atoms with Gasteiger partial charge in [0, 0.05) is 50.5 Å². The molecule has 0 unspecified atom stereocenters. The Balaban J connectivity index is 1.39. The van der Waals surface area contributed by atoms with Gasteiger partial charge in [-0.2, -0.15) is 5.26 Å². The molecule has 0 radical (unpaired) electrons. The summed E-state index contributed by atoms with van der Waals surface area (Å²) in [4.78, 5) is 34.6. The molecular weight excluding hydrogens is 636 g/mol. The molecule has 4 heterocycles. The Labute approximate surface area is 281 Å². The van der Waals surface area contributed by atoms with E-state index in [1.165, 1.54) is 13.3 Å². The lowest BCUT2D eigenvalue weighted by Crippen LogP contribution is -2.39. The van der Waals surface area contributed by atoms with E-state index in [1.54, 1.807) is 42.4 Å². The van der Waals surface area contributed by atoms with Crippen LogP contribution in [0.4, 0.5) is 0 Å². The number of carbonyl (C=O) groups excluding carboxylic acids is 1. The average molecular weight is 677 g/mol. The molecule has 1 aliphatic rings. The largest absolute Gasteiger partial charge is 0.494 e. The van der Waals surface area contributed by atoms with E-state index in [4.69, 9.17) is 30.2 Å². The van der Waals surface area contributed by atoms with Gasteiger partial charge in [0.25, 0.3) is 5.91 Å². The summed E-state index contributed by atoms with van der Waals surface area (Å²) in [5, 5.41) is 10.1. The first-order chi connectivity index (χ1) is 22.3. The van der Waals surface area contributed by atoms with Crippen LogP contribution in [0, 0.1) is 11.3 Å². The molecule has 1 saturated heterocycles. The van der Waals surface area contributed by atoms with Crippen molar-refractivity contribution in [1.82, 2.24) is 14.9 Å². The third kappa shape index (κ3) is 7.46. The molecule has 0 atom stereocenters. The standard InChI is InChI=1S/C35H41ClN4O6Si/c1-35(2,47(5,6)42)12-7-13-40(3)34(41)24-17-29(43-4)32(39-20-24)30-18-27-33(46-30)31(26(36)21-38-27)22-8-9-28(23(16-22)19-37)45-25-10-14-44-15-11-25/h8-9,16-18,20-21,25,42H,7,10-15H2,1-6H3. The fourth-order valence-corrected chi connectivity index (χ4v) is 6.51. The minimum absolute atomic E-state index is 0.00612. The number of ether oxygens (including phenoxy) is 3. The molecule has 248 valence electrons. The van der Waals surface area contributed by atoms with Crippen molar-refractivity contribution in [2.75, 3.05) is 33.9 Å². The maximum absolute atomic E-state index is 13.3. The average Bonchev–Trinajstić information content (AvgIpc) is 3.48. The molecule has 0 bridgehead atoms. The van der Waals surface area contributed by atoms with Gasteiger partial charge in [-0.25, -0.2) is 4.98 Å². The lowest BCUT2D eigenvalue weighted by molar-refractivity contribution is 0.0254. The summed E-state index contributed by atoms with van der Waals surface area (Å²) >= 11 is 6.67. The van der Waals surface area contributed by atoms with Crippen molar-refractivity contribution in [2.24, 2.45) is 0 Å². The van der Waals surface area contributed by atoms with Crippen molar-refractivity contribution < 1.29 is 28.2 Å². The van der Waals surface area contributed by atoms with E-state index in [-0.39, 0.29) is 17.0 Å². The van der Waals surface area contributed by atoms with E-state index in [9.17, 15) is 14.9 Å². The van der Waals surface area contributed by atoms with Crippen LogP contribution in [0.3, 0.4) is 0 Å². The van der Waals surface area contributed by atoms with Crippen molar-refractivity contribution in [2.45, 2.75) is 63.8 Å². The van der Waals surface area contributed by atoms with Gasteiger partial charge in [-0.3, -0.25) is 9.78 Å². The number of methoxy groups -OCH3 is 1. The zero-order valence-electron chi connectivity index (χ0n) is 27.7. The van der Waals surface area contributed by atoms with E-state index in [1.807, 2.05) is 19.2 Å². The van der Waals surface area contributed by atoms with E-state index >= 15 is 0 Å². The Bertz CT molecular complexity index is 1810. The van der Waals surface area contributed by atoms with Gasteiger partial charge in [-0.15, -0.1) is 0 Å². The number of benzene rings is 1. The summed E-state index contributed by atoms with van der Waals surface area (Å²) in [5.74, 6) is 1.08. The van der Waals surface area contributed by atoms with Gasteiger partial charge in [0.15, 0.2) is 19.7 Å². The monoisotopic (exact) mass is 676 g/mol. The second-order valence-corrected chi connectivity index (χ2v) is 18.0. The fraction of sp³-hybridized carbons (Fsp3) is 0.429. The highest BCUT2D eigenvalue weighted by Gasteiger charge is 2.37. The van der Waals surface area contributed by atoms with Gasteiger partial charge in [-0.05, 0) is 54.7 Å². The van der Waals surface area contributed by atoms with Crippen LogP contribution in [-0.4, -0.2) is 73.9 Å². The topological polar surface area (TPSA) is 131 Å². The van der Waals surface area contributed by atoms with E-state index in [0.717, 1.165) is 25.7 Å². The van der Waals surface area contributed by atoms with Gasteiger partial charge in [0.05, 0.1) is 36.5 Å². The van der Waals surface area contributed by atoms with Gasteiger partial charge >= 0.3 is 0 Å². The van der Waals surface area contributed by atoms with Crippen LogP contribution < -0.4 is 9.47 Å². The molecule has 1 N–H and O–H groups in total. The number of furan rings is 1. The minimum Gasteiger partial charge on any atom is -0.494 e. The zero-order valence-corrected chi connectivity index (χ0v) is 29.5. The molecule has 0 spiro atoms. The lowest BCUT2D eigenvalue weighted by atomic mass is 10.0. The van der Waals surface area contributed by atoms with Crippen LogP contribution in [-0.2, 0) is 4.74 Å². The van der Waals surface area contributed by atoms with Gasteiger partial charge in [-0.1, -0.05) is 31.5 Å². The van der Waals surface area contributed by atoms with Crippen molar-refractivity contribution in [1.29, 1.82) is 5.26 Å². The number of hydrogen-bond donors (Lipinski definition) is 1. The number of nitrogens with zero attached hydrogens (tertiary/aromatic N) is 4. The molecule has 47 heavy (non-hydrogen) atoms. The second kappa shape index (κ2) is 14.0. The third-order valence-corrected chi connectivity index (χ3v) is 13.0. The van der Waals surface area contributed by atoms with Crippen LogP contribution in [0.5, 0.6) is 11.5 Å². The molecule has 1 amide bonds. The Kier molecular flexibility index (Phi) is 10.3. The number of nitriles is 1. The molecule has 10 nitrogen and oxygen atoms in total. The molecule has 0 saturated carbocycles. The number of halogens is 1. The van der Waals surface area contributed by atoms with Crippen LogP contribution in [0.1, 0.15) is 55.5 Å². The number of pyridine rings is 2. The maximum atomic E-state index is 13.3. The van der Waals surface area contributed by atoms with E-state index in [2.05, 4.69) is 29.9 Å². The lowest BCUT2D eigenvalue weighted by Gasteiger charge is -2.35. The number of hydrogen-bond acceptors (Lipinski definition) is 9. The predicted octanol–water partition coefficient (Wildman–Crippen LogP) is 7.48. The SMILES string of the molecule is COc1cc(C(=O)N(C)CCCC(C)(C)[Si](C)(C)O)cnc1-c1cc2ncc(Cl)c(-c3ccc(OC4CCOCC4)c(C#N)c3)c2o1. The Hall–Kier alpha value is -3.95. The molecular formula is C35H41ClN4O6Si. The Morgan fingerprint density at radius 2 is 1.91 bits per heavy atom. The summed E-state index contributed by atoms with van der Waals surface area (Å²) in [5.41, 5.74) is 3.40. The highest BCUT2D eigenvalue weighted by atomic mass is 35.5. The van der Waals surface area contributed by atoms with Crippen molar-refractivity contribution in [3.63, 3.8) is 0 Å². The highest BCUT2D eigenvalue weighted by molar-refractivity contribution is 6.72. The number of aromatic nitrogens is 2. The molecule has 3 aromatic heterocycles. The second-order valence-electron chi connectivity index (χ2n) is 13.1. The summed E-state index contributed by atoms with van der Waals surface area (Å²) in [7, 11) is 0.946. The first-order valence-electron chi connectivity index (χ1n) is 15.7. The van der Waals surface area contributed by atoms with Crippen molar-refractivity contribution in [3.05, 3.63) is 58.9 Å². The maximum Gasteiger partial charge on any atom is 0.255 e. The fourth-order valence-electron chi connectivity index (χ4n) is 5.48. The molecule has 1 aromatic carbocycles. The zero-order chi connectivity index (χ0) is 33.9. The van der Waals surface area contributed by atoms with E-state index < -0.39 is 8.32 Å². The quantitative estimate of drug-likeness (QED) is 0.161. The number of carbonyl (C=O) groups is 1. The number of amides is 1. The van der Waals surface area contributed by atoms with E-state index in [0.29, 0.717) is 81.1 Å². The Morgan fingerprint density at radius 3 is 2.60 bits per heavy atom. The normalized spacial score (nSPS) is 14.2. The van der Waals surface area contributed by atoms with Crippen LogP contribution in [0.15, 0.2) is 47.1 Å². The first-order valence-corrected chi connectivity index (χ1v) is 19.0. The first kappa shape index (κ1) is 34.4. The molecule has 12 heteroatoms. The summed E-state index contributed by atoms with van der Waals surface area (Å²) in [6, 6.07) is 11.0. The van der Waals surface area contributed by atoms with Crippen LogP contribution in [0.25, 0.3) is 33.7 Å². The number of rotatable bonds is 11. The summed E-state index contributed by atoms with van der Waals surface area (Å²) in [6.07, 6.45) is 6.18.